The average molecular weight is 512 g/mol. The first kappa shape index (κ1) is 21.9. The van der Waals surface area contributed by atoms with Gasteiger partial charge in [-0.2, -0.15) is 4.98 Å². The first-order valence-corrected chi connectivity index (χ1v) is 10.9. The lowest BCUT2D eigenvalue weighted by atomic mass is 10.1. The van der Waals surface area contributed by atoms with E-state index >= 15 is 0 Å². The highest BCUT2D eigenvalue weighted by Gasteiger charge is 2.12. The number of nitrogen functional groups attached to an aromatic ring is 1. The van der Waals surface area contributed by atoms with E-state index in [0.29, 0.717) is 28.9 Å². The number of halogens is 2. The summed E-state index contributed by atoms with van der Waals surface area (Å²) in [5.41, 5.74) is 9.30. The predicted molar refractivity (Wildman–Crippen MR) is 132 cm³/mol. The molecule has 32 heavy (non-hydrogen) atoms. The van der Waals surface area contributed by atoms with Gasteiger partial charge in [-0.15, -0.1) is 0 Å². The molecule has 0 fully saturated rings. The lowest BCUT2D eigenvalue weighted by Crippen LogP contribution is -2.03. The van der Waals surface area contributed by atoms with Crippen LogP contribution in [0.15, 0.2) is 77.3 Å². The maximum Gasteiger partial charge on any atom is 0.222 e. The van der Waals surface area contributed by atoms with Gasteiger partial charge in [0.1, 0.15) is 23.9 Å². The predicted octanol–water partition coefficient (Wildman–Crippen LogP) is 6.47. The minimum atomic E-state index is 0.153. The topological polar surface area (TPSA) is 82.3 Å². The van der Waals surface area contributed by atoms with Crippen molar-refractivity contribution in [1.82, 2.24) is 9.97 Å². The van der Waals surface area contributed by atoms with Gasteiger partial charge in [0.05, 0.1) is 12.8 Å². The second-order valence-electron chi connectivity index (χ2n) is 6.91. The third-order valence-electron chi connectivity index (χ3n) is 4.63. The molecule has 0 atom stereocenters. The van der Waals surface area contributed by atoms with Crippen molar-refractivity contribution in [3.63, 3.8) is 0 Å². The van der Waals surface area contributed by atoms with Crippen molar-refractivity contribution in [2.24, 2.45) is 0 Å². The average Bonchev–Trinajstić information content (AvgIpc) is 2.80. The van der Waals surface area contributed by atoms with Crippen molar-refractivity contribution in [3.05, 3.63) is 87.9 Å². The number of hydrogen-bond acceptors (Lipinski definition) is 6. The minimum absolute atomic E-state index is 0.153. The van der Waals surface area contributed by atoms with Crippen LogP contribution in [0.4, 0.5) is 17.5 Å². The Labute approximate surface area is 199 Å². The molecular weight excluding hydrogens is 492 g/mol. The number of rotatable bonds is 7. The largest absolute Gasteiger partial charge is 0.497 e. The Balaban J connectivity index is 1.61. The van der Waals surface area contributed by atoms with Gasteiger partial charge in [0.2, 0.25) is 5.95 Å². The number of nitrogens with two attached hydrogens (primary N) is 1. The van der Waals surface area contributed by atoms with Crippen molar-refractivity contribution >= 4 is 45.0 Å². The van der Waals surface area contributed by atoms with Gasteiger partial charge in [-0.3, -0.25) is 0 Å². The van der Waals surface area contributed by atoms with Gasteiger partial charge in [-0.1, -0.05) is 39.7 Å². The highest BCUT2D eigenvalue weighted by atomic mass is 79.9. The van der Waals surface area contributed by atoms with Gasteiger partial charge < -0.3 is 20.5 Å². The van der Waals surface area contributed by atoms with Crippen LogP contribution in [-0.2, 0) is 6.61 Å². The quantitative estimate of drug-likeness (QED) is 0.296. The molecule has 0 spiro atoms. The summed E-state index contributed by atoms with van der Waals surface area (Å²) in [7, 11) is 1.64. The summed E-state index contributed by atoms with van der Waals surface area (Å²) in [5, 5.41) is 3.89. The molecule has 3 N–H and O–H groups in total. The molecule has 4 rings (SSSR count). The van der Waals surface area contributed by atoms with Crippen molar-refractivity contribution in [3.8, 4) is 22.8 Å². The Bertz CT molecular complexity index is 1220. The molecular formula is C24H20BrClN4O2. The minimum Gasteiger partial charge on any atom is -0.497 e. The Hall–Kier alpha value is -3.29. The number of nitrogens with zero attached hydrogens (tertiary/aromatic N) is 2. The summed E-state index contributed by atoms with van der Waals surface area (Å²) in [5.74, 6) is 2.20. The van der Waals surface area contributed by atoms with E-state index in [1.54, 1.807) is 19.2 Å². The smallest absolute Gasteiger partial charge is 0.222 e. The molecule has 0 radical (unpaired) electrons. The second kappa shape index (κ2) is 9.89. The molecule has 1 aromatic heterocycles. The standard InChI is InChI=1S/C24H20BrClN4O2/c1-31-19-9-2-15(3-10-19)14-32-22-11-4-16(25)12-20(22)21-13-23(30-24(27)29-21)28-18-7-5-17(26)6-8-18/h2-13H,14H2,1H3,(H3,27,28,29,30). The van der Waals surface area contributed by atoms with Gasteiger partial charge in [0.15, 0.2) is 0 Å². The summed E-state index contributed by atoms with van der Waals surface area (Å²) in [6, 6.07) is 22.7. The summed E-state index contributed by atoms with van der Waals surface area (Å²) in [4.78, 5) is 8.72. The summed E-state index contributed by atoms with van der Waals surface area (Å²) >= 11 is 9.50. The van der Waals surface area contributed by atoms with Crippen LogP contribution in [0.3, 0.4) is 0 Å². The van der Waals surface area contributed by atoms with E-state index in [-0.39, 0.29) is 5.95 Å². The maximum absolute atomic E-state index is 6.12. The van der Waals surface area contributed by atoms with Crippen LogP contribution in [0.1, 0.15) is 5.56 Å². The molecule has 3 aromatic carbocycles. The summed E-state index contributed by atoms with van der Waals surface area (Å²) in [6.07, 6.45) is 0. The SMILES string of the molecule is COc1ccc(COc2ccc(Br)cc2-c2cc(Nc3ccc(Cl)cc3)nc(N)n2)cc1. The molecule has 0 saturated heterocycles. The van der Waals surface area contributed by atoms with Crippen molar-refractivity contribution in [1.29, 1.82) is 0 Å². The third kappa shape index (κ3) is 5.49. The van der Waals surface area contributed by atoms with E-state index < -0.39 is 0 Å². The zero-order valence-electron chi connectivity index (χ0n) is 17.2. The zero-order valence-corrected chi connectivity index (χ0v) is 19.5. The Morgan fingerprint density at radius 3 is 2.44 bits per heavy atom. The Kier molecular flexibility index (Phi) is 6.78. The van der Waals surface area contributed by atoms with Gasteiger partial charge in [-0.05, 0) is 60.2 Å². The van der Waals surface area contributed by atoms with Crippen molar-refractivity contribution < 1.29 is 9.47 Å². The Morgan fingerprint density at radius 1 is 0.969 bits per heavy atom. The summed E-state index contributed by atoms with van der Waals surface area (Å²) < 4.78 is 12.2. The first-order valence-electron chi connectivity index (χ1n) is 9.73. The number of nitrogens with one attached hydrogen (secondary N) is 1. The normalized spacial score (nSPS) is 10.6. The van der Waals surface area contributed by atoms with Crippen LogP contribution in [0, 0.1) is 0 Å². The first-order chi connectivity index (χ1) is 15.5. The lowest BCUT2D eigenvalue weighted by molar-refractivity contribution is 0.307. The fourth-order valence-corrected chi connectivity index (χ4v) is 3.55. The van der Waals surface area contributed by atoms with E-state index in [9.17, 15) is 0 Å². The molecule has 1 heterocycles. The lowest BCUT2D eigenvalue weighted by Gasteiger charge is -2.14. The van der Waals surface area contributed by atoms with Gasteiger partial charge in [0, 0.05) is 26.8 Å². The molecule has 0 aliphatic heterocycles. The van der Waals surface area contributed by atoms with Crippen LogP contribution >= 0.6 is 27.5 Å². The van der Waals surface area contributed by atoms with E-state index in [1.807, 2.05) is 60.7 Å². The fraction of sp³-hybridized carbons (Fsp3) is 0.0833. The van der Waals surface area contributed by atoms with Crippen LogP contribution in [0.2, 0.25) is 5.02 Å². The molecule has 0 saturated carbocycles. The number of benzene rings is 3. The molecule has 162 valence electrons. The van der Waals surface area contributed by atoms with Crippen LogP contribution in [-0.4, -0.2) is 17.1 Å². The maximum atomic E-state index is 6.12. The number of ether oxygens (including phenoxy) is 2. The highest BCUT2D eigenvalue weighted by Crippen LogP contribution is 2.34. The molecule has 0 aliphatic rings. The molecule has 0 unspecified atom stereocenters. The molecule has 8 heteroatoms. The van der Waals surface area contributed by atoms with E-state index in [4.69, 9.17) is 26.8 Å². The van der Waals surface area contributed by atoms with Crippen molar-refractivity contribution in [2.75, 3.05) is 18.2 Å². The molecule has 6 nitrogen and oxygen atoms in total. The number of hydrogen-bond donors (Lipinski definition) is 2. The van der Waals surface area contributed by atoms with Crippen molar-refractivity contribution in [2.45, 2.75) is 6.61 Å². The summed E-state index contributed by atoms with van der Waals surface area (Å²) in [6.45, 7) is 0.398. The third-order valence-corrected chi connectivity index (χ3v) is 5.38. The van der Waals surface area contributed by atoms with E-state index in [1.165, 1.54) is 0 Å². The number of aromatic nitrogens is 2. The zero-order chi connectivity index (χ0) is 22.5. The van der Waals surface area contributed by atoms with Gasteiger partial charge in [0.25, 0.3) is 0 Å². The molecule has 4 aromatic rings. The molecule has 0 bridgehead atoms. The van der Waals surface area contributed by atoms with Gasteiger partial charge >= 0.3 is 0 Å². The molecule has 0 aliphatic carbocycles. The monoisotopic (exact) mass is 510 g/mol. The van der Waals surface area contributed by atoms with Crippen LogP contribution < -0.4 is 20.5 Å². The highest BCUT2D eigenvalue weighted by molar-refractivity contribution is 9.10. The van der Waals surface area contributed by atoms with E-state index in [0.717, 1.165) is 27.0 Å². The fourth-order valence-electron chi connectivity index (χ4n) is 3.06. The number of methoxy groups -OCH3 is 1. The van der Waals surface area contributed by atoms with Crippen LogP contribution in [0.5, 0.6) is 11.5 Å². The number of anilines is 3. The molecule has 0 amide bonds. The van der Waals surface area contributed by atoms with Crippen LogP contribution in [0.25, 0.3) is 11.3 Å². The second-order valence-corrected chi connectivity index (χ2v) is 8.26. The Morgan fingerprint density at radius 2 is 1.72 bits per heavy atom. The van der Waals surface area contributed by atoms with Gasteiger partial charge in [-0.25, -0.2) is 4.98 Å². The van der Waals surface area contributed by atoms with E-state index in [2.05, 4.69) is 31.2 Å².